The lowest BCUT2D eigenvalue weighted by Gasteiger charge is -2.30. The molecule has 1 fully saturated rings. The van der Waals surface area contributed by atoms with Crippen molar-refractivity contribution in [2.45, 2.75) is 63.5 Å². The van der Waals surface area contributed by atoms with Crippen LogP contribution in [0.1, 0.15) is 33.9 Å². The van der Waals surface area contributed by atoms with Crippen LogP contribution in [-0.2, 0) is 23.4 Å². The molecule has 45 heavy (non-hydrogen) atoms. The number of benzene rings is 2. The number of aromatic nitrogens is 4. The van der Waals surface area contributed by atoms with Crippen molar-refractivity contribution in [1.82, 2.24) is 24.6 Å². The Morgan fingerprint density at radius 2 is 2.00 bits per heavy atom. The fourth-order valence-electron chi connectivity index (χ4n) is 4.70. The number of hydrogen-bond acceptors (Lipinski definition) is 12. The van der Waals surface area contributed by atoms with Gasteiger partial charge in [-0.1, -0.05) is 41.5 Å². The van der Waals surface area contributed by atoms with Gasteiger partial charge in [0.2, 0.25) is 5.72 Å². The van der Waals surface area contributed by atoms with Crippen molar-refractivity contribution in [2.24, 2.45) is 5.11 Å². The van der Waals surface area contributed by atoms with Gasteiger partial charge < -0.3 is 29.2 Å². The fourth-order valence-corrected chi connectivity index (χ4v) is 6.23. The summed E-state index contributed by atoms with van der Waals surface area (Å²) in [6.07, 6.45) is -2.90. The highest BCUT2D eigenvalue weighted by Gasteiger charge is 2.56. The molecule has 2 aromatic heterocycles. The van der Waals surface area contributed by atoms with Gasteiger partial charge >= 0.3 is 13.7 Å². The minimum absolute atomic E-state index is 0.00506. The highest BCUT2D eigenvalue weighted by atomic mass is 31.2. The van der Waals surface area contributed by atoms with Crippen molar-refractivity contribution in [3.05, 3.63) is 75.9 Å². The second kappa shape index (κ2) is 12.2. The molecule has 2 aromatic carbocycles. The lowest BCUT2D eigenvalue weighted by Crippen LogP contribution is -2.46. The number of carbonyl (C=O) groups excluding carboxylic acids is 1. The van der Waals surface area contributed by atoms with Crippen molar-refractivity contribution in [1.29, 1.82) is 0 Å². The molecule has 5 rings (SSSR count). The van der Waals surface area contributed by atoms with Gasteiger partial charge in [0.1, 0.15) is 29.6 Å². The fraction of sp³-hybridized carbons (Fsp3) is 0.407. The van der Waals surface area contributed by atoms with Crippen LogP contribution in [0, 0.1) is 0 Å². The molecular formula is C27H31N8O9P. The number of rotatable bonds is 10. The zero-order chi connectivity index (χ0) is 32.6. The van der Waals surface area contributed by atoms with Crippen molar-refractivity contribution < 1.29 is 38.1 Å². The van der Waals surface area contributed by atoms with Crippen LogP contribution in [-0.4, -0.2) is 71.9 Å². The van der Waals surface area contributed by atoms with Crippen molar-refractivity contribution >= 4 is 35.7 Å². The first-order chi connectivity index (χ1) is 21.3. The summed E-state index contributed by atoms with van der Waals surface area (Å²) in [5, 5.41) is 29.5. The minimum Gasteiger partial charge on any atom is -0.459 e. The summed E-state index contributed by atoms with van der Waals surface area (Å²) in [5.41, 5.74) is 5.55. The van der Waals surface area contributed by atoms with Gasteiger partial charge in [-0.05, 0) is 44.7 Å². The first-order valence-corrected chi connectivity index (χ1v) is 15.2. The monoisotopic (exact) mass is 642 g/mol. The number of ether oxygens (including phenoxy) is 2. The van der Waals surface area contributed by atoms with E-state index in [9.17, 15) is 29.9 Å². The summed E-state index contributed by atoms with van der Waals surface area (Å²) in [4.78, 5) is 38.1. The van der Waals surface area contributed by atoms with E-state index in [0.717, 1.165) is 18.0 Å². The summed E-state index contributed by atoms with van der Waals surface area (Å²) in [6.45, 7) is 5.46. The van der Waals surface area contributed by atoms with Gasteiger partial charge in [0, 0.05) is 10.3 Å². The van der Waals surface area contributed by atoms with E-state index in [1.807, 2.05) is 18.2 Å². The highest BCUT2D eigenvalue weighted by Crippen LogP contribution is 2.49. The maximum Gasteiger partial charge on any atom is 0.459 e. The third-order valence-electron chi connectivity index (χ3n) is 6.78. The Balaban J connectivity index is 1.48. The van der Waals surface area contributed by atoms with E-state index in [2.05, 4.69) is 30.1 Å². The number of nitrogens with one attached hydrogen (secondary N) is 2. The second-order valence-corrected chi connectivity index (χ2v) is 13.0. The molecule has 0 amide bonds. The second-order valence-electron chi connectivity index (χ2n) is 11.3. The molecule has 18 heteroatoms. The lowest BCUT2D eigenvalue weighted by molar-refractivity contribution is -0.156. The van der Waals surface area contributed by atoms with Crippen LogP contribution in [0.4, 0.5) is 0 Å². The van der Waals surface area contributed by atoms with Crippen LogP contribution in [0.25, 0.3) is 32.4 Å². The van der Waals surface area contributed by atoms with E-state index in [4.69, 9.17) is 18.5 Å². The molecule has 0 spiro atoms. The smallest absolute Gasteiger partial charge is 0.459 e. The lowest BCUT2D eigenvalue weighted by atomic mass is 10.1. The number of hydrogen-bond donors (Lipinski definition) is 4. The standard InChI is InChI=1S/C27H31N8O9P/c1-15(25(39)43-26(2,3)4)32-45(40,44-18-11-7-9-16-8-5-6-10-17(16)18)41-12-27(33-34-28)21(37)20(36)24(42-27)35-14-31-19-22(35)29-13-30-23(19)38/h5-11,13-15,20-21,24,36-37H,12H2,1-4H3,(H,32,40)(H,29,30,38)/t15-,20+,21-,24+,27+,45?/m0/s1. The molecule has 1 aliphatic heterocycles. The van der Waals surface area contributed by atoms with E-state index < -0.39 is 61.7 Å². The molecule has 4 N–H and O–H groups in total. The number of azide groups is 1. The number of aromatic amines is 1. The summed E-state index contributed by atoms with van der Waals surface area (Å²) in [6, 6.07) is 10.9. The average molecular weight is 643 g/mol. The van der Waals surface area contributed by atoms with Gasteiger partial charge in [-0.15, -0.1) is 0 Å². The number of fused-ring (bicyclic) bond motifs is 2. The molecule has 1 unspecified atom stereocenters. The van der Waals surface area contributed by atoms with Crippen LogP contribution in [0.3, 0.4) is 0 Å². The maximum atomic E-state index is 14.4. The molecule has 238 valence electrons. The van der Waals surface area contributed by atoms with Gasteiger partial charge in [0.05, 0.1) is 19.3 Å². The Labute approximate surface area is 255 Å². The van der Waals surface area contributed by atoms with Gasteiger partial charge in [-0.3, -0.25) is 18.7 Å². The molecule has 3 heterocycles. The van der Waals surface area contributed by atoms with Crippen molar-refractivity contribution in [2.75, 3.05) is 6.61 Å². The SMILES string of the molecule is C[C@H](NP(=O)(OC[C@@]1(N=[N+]=[N-])O[C@@H](n2cnc3c(=O)[nH]cnc32)[C@H](O)[C@@H]1O)Oc1cccc2ccccc12)C(=O)OC(C)(C)C. The molecule has 4 aromatic rings. The average Bonchev–Trinajstić information content (AvgIpc) is 3.52. The molecule has 0 aliphatic carbocycles. The highest BCUT2D eigenvalue weighted by molar-refractivity contribution is 7.52. The number of aliphatic hydroxyl groups is 2. The van der Waals surface area contributed by atoms with E-state index in [0.29, 0.717) is 5.39 Å². The maximum absolute atomic E-state index is 14.4. The van der Waals surface area contributed by atoms with Gasteiger partial charge in [-0.2, -0.15) is 5.09 Å². The van der Waals surface area contributed by atoms with Crippen molar-refractivity contribution in [3.8, 4) is 5.75 Å². The number of carbonyl (C=O) groups is 1. The van der Waals surface area contributed by atoms with Crippen molar-refractivity contribution in [3.63, 3.8) is 0 Å². The Hall–Kier alpha value is -4.34. The number of aliphatic hydroxyl groups excluding tert-OH is 2. The van der Waals surface area contributed by atoms with E-state index in [1.165, 1.54) is 11.5 Å². The topological polar surface area (TPSA) is 236 Å². The number of H-pyrrole nitrogens is 1. The summed E-state index contributed by atoms with van der Waals surface area (Å²) >= 11 is 0. The molecule has 6 atom stereocenters. The number of nitrogens with zero attached hydrogens (tertiary/aromatic N) is 6. The van der Waals surface area contributed by atoms with Crippen LogP contribution < -0.4 is 15.2 Å². The van der Waals surface area contributed by atoms with E-state index >= 15 is 0 Å². The van der Waals surface area contributed by atoms with Gasteiger partial charge in [-0.25, -0.2) is 14.5 Å². The quantitative estimate of drug-likeness (QED) is 0.0642. The van der Waals surface area contributed by atoms with Crippen LogP contribution in [0.2, 0.25) is 0 Å². The summed E-state index contributed by atoms with van der Waals surface area (Å²) in [5.74, 6) is -0.634. The van der Waals surface area contributed by atoms with Crippen LogP contribution in [0.5, 0.6) is 5.75 Å². The molecule has 1 aliphatic rings. The van der Waals surface area contributed by atoms with E-state index in [1.54, 1.807) is 45.0 Å². The Morgan fingerprint density at radius 3 is 2.73 bits per heavy atom. The van der Waals surface area contributed by atoms with E-state index in [-0.39, 0.29) is 16.9 Å². The number of imidazole rings is 1. The zero-order valence-electron chi connectivity index (χ0n) is 24.6. The molecule has 1 saturated heterocycles. The van der Waals surface area contributed by atoms with Gasteiger partial charge in [0.25, 0.3) is 5.56 Å². The Kier molecular flexibility index (Phi) is 8.70. The minimum atomic E-state index is -4.60. The first kappa shape index (κ1) is 32.1. The largest absolute Gasteiger partial charge is 0.459 e. The Morgan fingerprint density at radius 1 is 1.27 bits per heavy atom. The molecule has 0 radical (unpaired) electrons. The third-order valence-corrected chi connectivity index (χ3v) is 8.39. The summed E-state index contributed by atoms with van der Waals surface area (Å²) in [7, 11) is -4.60. The number of esters is 1. The van der Waals surface area contributed by atoms with Crippen LogP contribution in [0.15, 0.2) is 65.0 Å². The molecular weight excluding hydrogens is 611 g/mol. The normalized spacial score (nSPS) is 23.7. The molecule has 17 nitrogen and oxygen atoms in total. The summed E-state index contributed by atoms with van der Waals surface area (Å²) < 4.78 is 38.4. The zero-order valence-corrected chi connectivity index (χ0v) is 25.5. The predicted molar refractivity (Wildman–Crippen MR) is 159 cm³/mol. The molecule has 0 bridgehead atoms. The van der Waals surface area contributed by atoms with Crippen LogP contribution >= 0.6 is 7.75 Å². The third kappa shape index (κ3) is 6.55. The first-order valence-electron chi connectivity index (χ1n) is 13.7. The Bertz CT molecular complexity index is 1880. The predicted octanol–water partition coefficient (Wildman–Crippen LogP) is 3.05. The molecule has 0 saturated carbocycles. The van der Waals surface area contributed by atoms with Gasteiger partial charge in [0.15, 0.2) is 17.4 Å².